The van der Waals surface area contributed by atoms with E-state index in [-0.39, 0.29) is 5.41 Å². The first kappa shape index (κ1) is 25.9. The maximum atomic E-state index is 5.30. The van der Waals surface area contributed by atoms with Gasteiger partial charge in [-0.05, 0) is 72.8 Å². The maximum Gasteiger partial charge on any atom is 0.160 e. The molecule has 2 nitrogen and oxygen atoms in total. The molecule has 0 bridgehead atoms. The van der Waals surface area contributed by atoms with Crippen molar-refractivity contribution >= 4 is 32.3 Å². The molecule has 0 radical (unpaired) electrons. The molecule has 212 valence electrons. The summed E-state index contributed by atoms with van der Waals surface area (Å²) in [5.74, 6) is 0.728. The molecule has 2 heteroatoms. The first-order valence-electron chi connectivity index (χ1n) is 15.6. The van der Waals surface area contributed by atoms with Crippen LogP contribution in [-0.4, -0.2) is 9.97 Å². The summed E-state index contributed by atoms with van der Waals surface area (Å²) in [6.07, 6.45) is 0. The predicted molar refractivity (Wildman–Crippen MR) is 188 cm³/mol. The molecule has 1 aliphatic carbocycles. The van der Waals surface area contributed by atoms with Gasteiger partial charge in [-0.3, -0.25) is 0 Å². The number of benzene rings is 7. The number of rotatable bonds is 3. The van der Waals surface area contributed by atoms with Gasteiger partial charge in [0, 0.05) is 22.1 Å². The van der Waals surface area contributed by atoms with Crippen LogP contribution >= 0.6 is 0 Å². The van der Waals surface area contributed by atoms with Gasteiger partial charge in [-0.2, -0.15) is 0 Å². The molecule has 9 rings (SSSR count). The van der Waals surface area contributed by atoms with E-state index in [1.165, 1.54) is 54.6 Å². The maximum absolute atomic E-state index is 5.30. The average molecular weight is 575 g/mol. The first-order chi connectivity index (χ1) is 22.1. The van der Waals surface area contributed by atoms with Crippen LogP contribution in [0.2, 0.25) is 0 Å². The fourth-order valence-corrected chi connectivity index (χ4v) is 7.42. The Kier molecular flexibility index (Phi) is 5.58. The molecule has 0 spiro atoms. The van der Waals surface area contributed by atoms with Gasteiger partial charge in [0.1, 0.15) is 0 Å². The third-order valence-electron chi connectivity index (χ3n) is 9.66. The summed E-state index contributed by atoms with van der Waals surface area (Å²) in [4.78, 5) is 10.5. The zero-order chi connectivity index (χ0) is 30.1. The summed E-state index contributed by atoms with van der Waals surface area (Å²) < 4.78 is 0. The molecule has 0 N–H and O–H groups in total. The van der Waals surface area contributed by atoms with E-state index in [1.54, 1.807) is 0 Å². The van der Waals surface area contributed by atoms with Gasteiger partial charge in [0.15, 0.2) is 5.82 Å². The van der Waals surface area contributed by atoms with Gasteiger partial charge in [0.05, 0.1) is 11.4 Å². The second-order valence-electron chi connectivity index (χ2n) is 12.6. The van der Waals surface area contributed by atoms with Crippen molar-refractivity contribution in [3.05, 3.63) is 157 Å². The van der Waals surface area contributed by atoms with Crippen molar-refractivity contribution in [1.82, 2.24) is 9.97 Å². The Morgan fingerprint density at radius 1 is 0.422 bits per heavy atom. The monoisotopic (exact) mass is 574 g/mol. The zero-order valence-electron chi connectivity index (χ0n) is 25.3. The molecule has 0 fully saturated rings. The van der Waals surface area contributed by atoms with Crippen molar-refractivity contribution in [3.63, 3.8) is 0 Å². The highest BCUT2D eigenvalue weighted by Crippen LogP contribution is 2.49. The molecule has 1 aromatic heterocycles. The van der Waals surface area contributed by atoms with Gasteiger partial charge in [-0.15, -0.1) is 0 Å². The van der Waals surface area contributed by atoms with E-state index >= 15 is 0 Å². The molecule has 0 saturated heterocycles. The predicted octanol–water partition coefficient (Wildman–Crippen LogP) is 11.2. The number of aromatic nitrogens is 2. The van der Waals surface area contributed by atoms with Gasteiger partial charge < -0.3 is 0 Å². The van der Waals surface area contributed by atoms with Crippen LogP contribution in [0.3, 0.4) is 0 Å². The van der Waals surface area contributed by atoms with Crippen LogP contribution in [0, 0.1) is 0 Å². The molecule has 0 saturated carbocycles. The van der Waals surface area contributed by atoms with E-state index in [1.807, 2.05) is 6.07 Å². The highest BCUT2D eigenvalue weighted by atomic mass is 14.9. The molecule has 1 aliphatic rings. The van der Waals surface area contributed by atoms with E-state index in [2.05, 4.69) is 153 Å². The Hall–Kier alpha value is -5.60. The van der Waals surface area contributed by atoms with Crippen molar-refractivity contribution in [2.45, 2.75) is 19.3 Å². The topological polar surface area (TPSA) is 25.8 Å². The smallest absolute Gasteiger partial charge is 0.160 e. The van der Waals surface area contributed by atoms with Crippen LogP contribution in [0.15, 0.2) is 146 Å². The molecule has 0 unspecified atom stereocenters. The Morgan fingerprint density at radius 3 is 1.98 bits per heavy atom. The van der Waals surface area contributed by atoms with E-state index in [9.17, 15) is 0 Å². The van der Waals surface area contributed by atoms with Crippen molar-refractivity contribution in [2.75, 3.05) is 0 Å². The molecule has 7 aromatic carbocycles. The Balaban J connectivity index is 1.34. The molecule has 0 amide bonds. The van der Waals surface area contributed by atoms with Crippen molar-refractivity contribution < 1.29 is 0 Å². The summed E-state index contributed by atoms with van der Waals surface area (Å²) in [6, 6.07) is 52.3. The Labute approximate surface area is 262 Å². The van der Waals surface area contributed by atoms with E-state index in [0.29, 0.717) is 0 Å². The minimum atomic E-state index is -0.0405. The third-order valence-corrected chi connectivity index (χ3v) is 9.66. The lowest BCUT2D eigenvalue weighted by molar-refractivity contribution is 0.660. The largest absolute Gasteiger partial charge is 0.228 e. The lowest BCUT2D eigenvalue weighted by atomic mass is 9.82. The van der Waals surface area contributed by atoms with Crippen LogP contribution in [0.1, 0.15) is 25.0 Å². The van der Waals surface area contributed by atoms with Gasteiger partial charge in [0.2, 0.25) is 0 Å². The van der Waals surface area contributed by atoms with Crippen LogP contribution in [0.4, 0.5) is 0 Å². The van der Waals surface area contributed by atoms with Crippen molar-refractivity contribution in [2.24, 2.45) is 0 Å². The summed E-state index contributed by atoms with van der Waals surface area (Å²) in [7, 11) is 0. The van der Waals surface area contributed by atoms with Crippen molar-refractivity contribution in [1.29, 1.82) is 0 Å². The van der Waals surface area contributed by atoms with Gasteiger partial charge in [-0.25, -0.2) is 9.97 Å². The van der Waals surface area contributed by atoms with Crippen LogP contribution < -0.4 is 0 Å². The standard InChI is InChI=1S/C43H30N2/c1-43(2)37-19-11-10-18-33(37)36-25-30(21-23-38(36)43)39-26-40(45-42(44-39)28-13-4-3-5-14-28)41-32-17-9-7-15-29(32)24-35-31-16-8-6-12-27(31)20-22-34(35)41/h3-26H,1-2H3. The second-order valence-corrected chi connectivity index (χ2v) is 12.6. The van der Waals surface area contributed by atoms with Crippen LogP contribution in [-0.2, 0) is 5.41 Å². The minimum Gasteiger partial charge on any atom is -0.228 e. The Morgan fingerprint density at radius 2 is 1.11 bits per heavy atom. The number of nitrogens with zero attached hydrogens (tertiary/aromatic N) is 2. The third kappa shape index (κ3) is 3.96. The normalized spacial score (nSPS) is 13.3. The highest BCUT2D eigenvalue weighted by Gasteiger charge is 2.35. The lowest BCUT2D eigenvalue weighted by Gasteiger charge is -2.21. The number of hydrogen-bond donors (Lipinski definition) is 0. The van der Waals surface area contributed by atoms with Gasteiger partial charge >= 0.3 is 0 Å². The fourth-order valence-electron chi connectivity index (χ4n) is 7.42. The molecular weight excluding hydrogens is 544 g/mol. The number of fused-ring (bicyclic) bond motifs is 7. The van der Waals surface area contributed by atoms with Gasteiger partial charge in [0.25, 0.3) is 0 Å². The molecule has 0 aliphatic heterocycles. The second kappa shape index (κ2) is 9.70. The molecule has 0 atom stereocenters. The SMILES string of the molecule is CC1(C)c2ccccc2-c2cc(-c3cc(-c4c5ccccc5cc5c4ccc4ccccc45)nc(-c4ccccc4)n3)ccc21. The molecule has 45 heavy (non-hydrogen) atoms. The van der Waals surface area contributed by atoms with Crippen molar-refractivity contribution in [3.8, 4) is 45.0 Å². The molecule has 1 heterocycles. The van der Waals surface area contributed by atoms with E-state index in [0.717, 1.165) is 33.9 Å². The minimum absolute atomic E-state index is 0.0405. The fraction of sp³-hybridized carbons (Fsp3) is 0.0698. The highest BCUT2D eigenvalue weighted by molar-refractivity contribution is 6.19. The summed E-state index contributed by atoms with van der Waals surface area (Å²) in [5.41, 5.74) is 10.4. The van der Waals surface area contributed by atoms with Crippen LogP contribution in [0.25, 0.3) is 77.3 Å². The summed E-state index contributed by atoms with van der Waals surface area (Å²) >= 11 is 0. The first-order valence-corrected chi connectivity index (χ1v) is 15.6. The Bertz CT molecular complexity index is 2450. The van der Waals surface area contributed by atoms with Gasteiger partial charge in [-0.1, -0.05) is 141 Å². The molecular formula is C43H30N2. The molecule has 8 aromatic rings. The zero-order valence-corrected chi connectivity index (χ0v) is 25.3. The quantitative estimate of drug-likeness (QED) is 0.155. The lowest BCUT2D eigenvalue weighted by Crippen LogP contribution is -2.14. The van der Waals surface area contributed by atoms with E-state index in [4.69, 9.17) is 9.97 Å². The van der Waals surface area contributed by atoms with E-state index < -0.39 is 0 Å². The average Bonchev–Trinajstić information content (AvgIpc) is 3.33. The summed E-state index contributed by atoms with van der Waals surface area (Å²) in [6.45, 7) is 4.64. The number of hydrogen-bond acceptors (Lipinski definition) is 2. The van der Waals surface area contributed by atoms with Crippen LogP contribution in [0.5, 0.6) is 0 Å². The summed E-state index contributed by atoms with van der Waals surface area (Å²) in [5, 5.41) is 7.31.